The van der Waals surface area contributed by atoms with Gasteiger partial charge in [-0.2, -0.15) is 8.61 Å². The lowest BCUT2D eigenvalue weighted by Crippen LogP contribution is -2.61. The first kappa shape index (κ1) is 21.4. The van der Waals surface area contributed by atoms with Crippen molar-refractivity contribution in [3.63, 3.8) is 0 Å². The van der Waals surface area contributed by atoms with E-state index in [0.29, 0.717) is 6.54 Å². The van der Waals surface area contributed by atoms with Crippen LogP contribution in [0.2, 0.25) is 0 Å². The Bertz CT molecular complexity index is 1060. The Kier molecular flexibility index (Phi) is 6.37. The van der Waals surface area contributed by atoms with Gasteiger partial charge in [0.1, 0.15) is 6.04 Å². The molecule has 0 spiro atoms. The van der Waals surface area contributed by atoms with Crippen LogP contribution in [-0.2, 0) is 24.8 Å². The molecule has 2 aromatic carbocycles. The Balaban J connectivity index is 1.95. The van der Waals surface area contributed by atoms with Crippen LogP contribution in [0.15, 0.2) is 70.5 Å². The van der Waals surface area contributed by atoms with Gasteiger partial charge in [0.25, 0.3) is 0 Å². The molecule has 156 valence electrons. The van der Waals surface area contributed by atoms with Gasteiger partial charge in [0.15, 0.2) is 0 Å². The molecule has 0 aliphatic carbocycles. The van der Waals surface area contributed by atoms with Crippen LogP contribution in [0.25, 0.3) is 0 Å². The molecule has 0 saturated carbocycles. The van der Waals surface area contributed by atoms with E-state index in [1.165, 1.54) is 28.6 Å². The summed E-state index contributed by atoms with van der Waals surface area (Å²) in [5.41, 5.74) is 0. The van der Waals surface area contributed by atoms with Gasteiger partial charge >= 0.3 is 0 Å². The second kappa shape index (κ2) is 8.62. The molecular formula is C19H23N3O5S2. The molecule has 1 fully saturated rings. The first-order chi connectivity index (χ1) is 13.8. The van der Waals surface area contributed by atoms with E-state index in [9.17, 15) is 21.6 Å². The molecule has 1 saturated heterocycles. The summed E-state index contributed by atoms with van der Waals surface area (Å²) in [6, 6.07) is 14.5. The number of piperazine rings is 1. The molecule has 0 radical (unpaired) electrons. The number of amides is 1. The van der Waals surface area contributed by atoms with Gasteiger partial charge < -0.3 is 5.32 Å². The highest BCUT2D eigenvalue weighted by Gasteiger charge is 2.43. The normalized spacial score (nSPS) is 19.0. The van der Waals surface area contributed by atoms with Gasteiger partial charge in [-0.3, -0.25) is 4.79 Å². The fourth-order valence-electron chi connectivity index (χ4n) is 3.22. The molecule has 1 atom stereocenters. The van der Waals surface area contributed by atoms with E-state index < -0.39 is 32.0 Å². The number of benzene rings is 2. The standard InChI is InChI=1S/C19H23N3O5S2/c1-2-20-19(23)18-15-21(28(24,25)16-9-5-3-6-10-16)13-14-22(18)29(26,27)17-11-7-4-8-12-17/h3-12,18H,2,13-15H2,1H3,(H,20,23)/t18-/m1/s1. The molecule has 3 rings (SSSR count). The summed E-state index contributed by atoms with van der Waals surface area (Å²) in [6.07, 6.45) is 0. The van der Waals surface area contributed by atoms with Crippen molar-refractivity contribution in [3.05, 3.63) is 60.7 Å². The molecule has 29 heavy (non-hydrogen) atoms. The minimum Gasteiger partial charge on any atom is -0.355 e. The summed E-state index contributed by atoms with van der Waals surface area (Å²) in [7, 11) is -7.80. The van der Waals surface area contributed by atoms with Crippen LogP contribution in [-0.4, -0.2) is 63.6 Å². The largest absolute Gasteiger partial charge is 0.355 e. The summed E-state index contributed by atoms with van der Waals surface area (Å²) in [4.78, 5) is 12.8. The molecule has 1 amide bonds. The summed E-state index contributed by atoms with van der Waals surface area (Å²) >= 11 is 0. The molecular weight excluding hydrogens is 414 g/mol. The quantitative estimate of drug-likeness (QED) is 0.723. The predicted octanol–water partition coefficient (Wildman–Crippen LogP) is 0.887. The van der Waals surface area contributed by atoms with Crippen LogP contribution in [0.5, 0.6) is 0 Å². The van der Waals surface area contributed by atoms with Crippen LogP contribution in [0, 0.1) is 0 Å². The number of nitrogens with zero attached hydrogens (tertiary/aromatic N) is 2. The average molecular weight is 438 g/mol. The van der Waals surface area contributed by atoms with E-state index in [4.69, 9.17) is 0 Å². The number of sulfonamides is 2. The van der Waals surface area contributed by atoms with Crippen molar-refractivity contribution >= 4 is 26.0 Å². The number of hydrogen-bond donors (Lipinski definition) is 1. The van der Waals surface area contributed by atoms with Crippen molar-refractivity contribution < 1.29 is 21.6 Å². The monoisotopic (exact) mass is 437 g/mol. The minimum atomic E-state index is -3.96. The van der Waals surface area contributed by atoms with Gasteiger partial charge in [0, 0.05) is 26.2 Å². The zero-order chi connectivity index (χ0) is 21.1. The smallest absolute Gasteiger partial charge is 0.243 e. The van der Waals surface area contributed by atoms with Gasteiger partial charge in [-0.25, -0.2) is 16.8 Å². The van der Waals surface area contributed by atoms with Gasteiger partial charge in [-0.1, -0.05) is 36.4 Å². The van der Waals surface area contributed by atoms with Crippen molar-refractivity contribution in [2.75, 3.05) is 26.2 Å². The third-order valence-electron chi connectivity index (χ3n) is 4.68. The second-order valence-corrected chi connectivity index (χ2v) is 10.3. The highest BCUT2D eigenvalue weighted by Crippen LogP contribution is 2.25. The van der Waals surface area contributed by atoms with Gasteiger partial charge in [0.2, 0.25) is 26.0 Å². The van der Waals surface area contributed by atoms with Gasteiger partial charge in [-0.05, 0) is 31.2 Å². The Morgan fingerprint density at radius 3 is 1.93 bits per heavy atom. The highest BCUT2D eigenvalue weighted by molar-refractivity contribution is 7.89. The lowest BCUT2D eigenvalue weighted by molar-refractivity contribution is -0.125. The van der Waals surface area contributed by atoms with Crippen LogP contribution < -0.4 is 5.32 Å². The average Bonchev–Trinajstić information content (AvgIpc) is 2.74. The number of carbonyl (C=O) groups excluding carboxylic acids is 1. The topological polar surface area (TPSA) is 104 Å². The zero-order valence-corrected chi connectivity index (χ0v) is 17.6. The van der Waals surface area contributed by atoms with Crippen LogP contribution >= 0.6 is 0 Å². The van der Waals surface area contributed by atoms with Crippen LogP contribution in [0.3, 0.4) is 0 Å². The third-order valence-corrected chi connectivity index (χ3v) is 8.48. The molecule has 1 N–H and O–H groups in total. The summed E-state index contributed by atoms with van der Waals surface area (Å²) < 4.78 is 54.4. The number of carbonyl (C=O) groups is 1. The predicted molar refractivity (Wildman–Crippen MR) is 108 cm³/mol. The van der Waals surface area contributed by atoms with Crippen LogP contribution in [0.1, 0.15) is 6.92 Å². The molecule has 8 nitrogen and oxygen atoms in total. The molecule has 10 heteroatoms. The fourth-order valence-corrected chi connectivity index (χ4v) is 6.27. The Morgan fingerprint density at radius 2 is 1.41 bits per heavy atom. The molecule has 1 heterocycles. The van der Waals surface area contributed by atoms with Crippen molar-refractivity contribution in [1.29, 1.82) is 0 Å². The Morgan fingerprint density at radius 1 is 0.897 bits per heavy atom. The molecule has 0 unspecified atom stereocenters. The van der Waals surface area contributed by atoms with E-state index in [1.54, 1.807) is 43.3 Å². The van der Waals surface area contributed by atoms with Crippen molar-refractivity contribution in [1.82, 2.24) is 13.9 Å². The molecule has 0 bridgehead atoms. The summed E-state index contributed by atoms with van der Waals surface area (Å²) in [5, 5.41) is 2.61. The first-order valence-electron chi connectivity index (χ1n) is 9.18. The number of likely N-dealkylation sites (N-methyl/N-ethyl adjacent to an activating group) is 1. The number of hydrogen-bond acceptors (Lipinski definition) is 5. The van der Waals surface area contributed by atoms with E-state index in [2.05, 4.69) is 5.32 Å². The maximum atomic E-state index is 13.1. The number of nitrogens with one attached hydrogen (secondary N) is 1. The van der Waals surface area contributed by atoms with E-state index in [0.717, 1.165) is 4.31 Å². The van der Waals surface area contributed by atoms with Crippen LogP contribution in [0.4, 0.5) is 0 Å². The van der Waals surface area contributed by atoms with Gasteiger partial charge in [-0.15, -0.1) is 0 Å². The van der Waals surface area contributed by atoms with E-state index in [1.807, 2.05) is 0 Å². The third kappa shape index (κ3) is 4.35. The minimum absolute atomic E-state index is 0.0425. The SMILES string of the molecule is CCNC(=O)[C@H]1CN(S(=O)(=O)c2ccccc2)CCN1S(=O)(=O)c1ccccc1. The van der Waals surface area contributed by atoms with Gasteiger partial charge in [0.05, 0.1) is 9.79 Å². The maximum absolute atomic E-state index is 13.1. The molecule has 1 aliphatic rings. The Labute approximate surface area is 171 Å². The summed E-state index contributed by atoms with van der Waals surface area (Å²) in [6.45, 7) is 1.61. The highest BCUT2D eigenvalue weighted by atomic mass is 32.2. The maximum Gasteiger partial charge on any atom is 0.243 e. The fraction of sp³-hybridized carbons (Fsp3) is 0.316. The lowest BCUT2D eigenvalue weighted by atomic mass is 10.2. The summed E-state index contributed by atoms with van der Waals surface area (Å²) in [5.74, 6) is -0.528. The first-order valence-corrected chi connectivity index (χ1v) is 12.1. The number of rotatable bonds is 6. The van der Waals surface area contributed by atoms with E-state index >= 15 is 0 Å². The Hall–Kier alpha value is -2.27. The zero-order valence-electron chi connectivity index (χ0n) is 15.9. The van der Waals surface area contributed by atoms with Crippen molar-refractivity contribution in [2.45, 2.75) is 22.8 Å². The molecule has 1 aliphatic heterocycles. The molecule has 2 aromatic rings. The van der Waals surface area contributed by atoms with Crippen molar-refractivity contribution in [2.24, 2.45) is 0 Å². The van der Waals surface area contributed by atoms with E-state index in [-0.39, 0.29) is 29.4 Å². The molecule has 0 aromatic heterocycles. The second-order valence-electron chi connectivity index (χ2n) is 6.52. The van der Waals surface area contributed by atoms with Crippen molar-refractivity contribution in [3.8, 4) is 0 Å². The lowest BCUT2D eigenvalue weighted by Gasteiger charge is -2.38.